The second kappa shape index (κ2) is 4.14. The minimum Gasteiger partial charge on any atom is -0.508 e. The lowest BCUT2D eigenvalue weighted by Crippen LogP contribution is -2.01. The molecule has 0 saturated carbocycles. The first-order chi connectivity index (χ1) is 6.09. The third-order valence-electron chi connectivity index (χ3n) is 1.89. The van der Waals surface area contributed by atoms with E-state index >= 15 is 0 Å². The van der Waals surface area contributed by atoms with Crippen LogP contribution in [0.4, 0.5) is 0 Å². The molecule has 72 valence electrons. The fourth-order valence-corrected chi connectivity index (χ4v) is 1.14. The number of aromatic hydroxyl groups is 2. The molecule has 0 saturated heterocycles. The Morgan fingerprint density at radius 3 is 2.62 bits per heavy atom. The van der Waals surface area contributed by atoms with Gasteiger partial charge in [-0.1, -0.05) is 0 Å². The van der Waals surface area contributed by atoms with Crippen LogP contribution in [-0.4, -0.2) is 21.4 Å². The molecule has 1 rings (SSSR count). The second-order valence-electron chi connectivity index (χ2n) is 3.20. The zero-order valence-corrected chi connectivity index (χ0v) is 7.57. The first-order valence-corrected chi connectivity index (χ1v) is 4.28. The van der Waals surface area contributed by atoms with Crippen molar-refractivity contribution in [3.8, 4) is 11.5 Å². The van der Waals surface area contributed by atoms with Crippen molar-refractivity contribution in [3.63, 3.8) is 0 Å². The van der Waals surface area contributed by atoms with Gasteiger partial charge in [-0.15, -0.1) is 0 Å². The van der Waals surface area contributed by atoms with Gasteiger partial charge in [-0.3, -0.25) is 0 Å². The van der Waals surface area contributed by atoms with Crippen molar-refractivity contribution >= 4 is 0 Å². The van der Waals surface area contributed by atoms with Crippen molar-refractivity contribution in [1.82, 2.24) is 0 Å². The molecule has 3 N–H and O–H groups in total. The number of phenolic OH excluding ortho intramolecular Hbond substituents is 2. The van der Waals surface area contributed by atoms with Crippen LogP contribution < -0.4 is 0 Å². The number of phenols is 2. The van der Waals surface area contributed by atoms with E-state index < -0.39 is 0 Å². The van der Waals surface area contributed by atoms with Crippen LogP contribution in [0.5, 0.6) is 11.5 Å². The number of hydrogen-bond donors (Lipinski definition) is 3. The summed E-state index contributed by atoms with van der Waals surface area (Å²) in [4.78, 5) is 0. The number of rotatable bonds is 3. The van der Waals surface area contributed by atoms with Crippen LogP contribution in [-0.2, 0) is 6.42 Å². The summed E-state index contributed by atoms with van der Waals surface area (Å²) in [5, 5.41) is 27.5. The molecule has 0 heterocycles. The molecule has 0 aliphatic rings. The molecule has 1 aromatic rings. The van der Waals surface area contributed by atoms with Crippen molar-refractivity contribution in [2.45, 2.75) is 25.9 Å². The van der Waals surface area contributed by atoms with E-state index in [9.17, 15) is 5.11 Å². The Morgan fingerprint density at radius 1 is 1.31 bits per heavy atom. The van der Waals surface area contributed by atoms with Gasteiger partial charge >= 0.3 is 0 Å². The maximum absolute atomic E-state index is 9.36. The van der Waals surface area contributed by atoms with Gasteiger partial charge in [0.05, 0.1) is 6.10 Å². The molecular weight excluding hydrogens is 168 g/mol. The second-order valence-corrected chi connectivity index (χ2v) is 3.20. The van der Waals surface area contributed by atoms with E-state index in [0.29, 0.717) is 18.4 Å². The molecule has 0 spiro atoms. The Labute approximate surface area is 77.3 Å². The van der Waals surface area contributed by atoms with Crippen LogP contribution in [0.2, 0.25) is 0 Å². The average molecular weight is 182 g/mol. The van der Waals surface area contributed by atoms with Gasteiger partial charge in [-0.2, -0.15) is 0 Å². The molecule has 3 nitrogen and oxygen atoms in total. The molecule has 0 unspecified atom stereocenters. The standard InChI is InChI=1S/C10H14O3/c1-7(11)2-3-8-6-9(12)4-5-10(8)13/h4-7,11-13H,2-3H2,1H3/t7-/m1/s1. The molecule has 0 aliphatic carbocycles. The Bertz CT molecular complexity index is 281. The van der Waals surface area contributed by atoms with E-state index in [0.717, 1.165) is 0 Å². The van der Waals surface area contributed by atoms with E-state index in [1.165, 1.54) is 18.2 Å². The lowest BCUT2D eigenvalue weighted by atomic mass is 10.1. The van der Waals surface area contributed by atoms with Gasteiger partial charge in [0.2, 0.25) is 0 Å². The van der Waals surface area contributed by atoms with E-state index in [-0.39, 0.29) is 17.6 Å². The van der Waals surface area contributed by atoms with Gasteiger partial charge in [0, 0.05) is 0 Å². The minimum absolute atomic E-state index is 0.137. The zero-order valence-electron chi connectivity index (χ0n) is 7.57. The maximum Gasteiger partial charge on any atom is 0.119 e. The molecule has 1 aromatic carbocycles. The molecule has 0 aliphatic heterocycles. The summed E-state index contributed by atoms with van der Waals surface area (Å²) in [6, 6.07) is 4.39. The lowest BCUT2D eigenvalue weighted by molar-refractivity contribution is 0.184. The highest BCUT2D eigenvalue weighted by Gasteiger charge is 2.03. The smallest absolute Gasteiger partial charge is 0.119 e. The average Bonchev–Trinajstić information content (AvgIpc) is 2.06. The number of aryl methyl sites for hydroxylation is 1. The number of aliphatic hydroxyl groups excluding tert-OH is 1. The number of hydrogen-bond acceptors (Lipinski definition) is 3. The SMILES string of the molecule is C[C@@H](O)CCc1cc(O)ccc1O. The van der Waals surface area contributed by atoms with Gasteiger partial charge in [-0.25, -0.2) is 0 Å². The van der Waals surface area contributed by atoms with Crippen molar-refractivity contribution in [2.75, 3.05) is 0 Å². The topological polar surface area (TPSA) is 60.7 Å². The van der Waals surface area contributed by atoms with Gasteiger partial charge < -0.3 is 15.3 Å². The van der Waals surface area contributed by atoms with Crippen LogP contribution in [0.1, 0.15) is 18.9 Å². The molecule has 13 heavy (non-hydrogen) atoms. The predicted octanol–water partition coefficient (Wildman–Crippen LogP) is 1.41. The molecule has 0 fully saturated rings. The first-order valence-electron chi connectivity index (χ1n) is 4.28. The highest BCUT2D eigenvalue weighted by Crippen LogP contribution is 2.23. The fourth-order valence-electron chi connectivity index (χ4n) is 1.14. The molecule has 0 amide bonds. The fraction of sp³-hybridized carbons (Fsp3) is 0.400. The van der Waals surface area contributed by atoms with Crippen LogP contribution in [0.25, 0.3) is 0 Å². The summed E-state index contributed by atoms with van der Waals surface area (Å²) in [6.45, 7) is 1.69. The third-order valence-corrected chi connectivity index (χ3v) is 1.89. The minimum atomic E-state index is -0.387. The summed E-state index contributed by atoms with van der Waals surface area (Å²) in [5.41, 5.74) is 0.668. The maximum atomic E-state index is 9.36. The van der Waals surface area contributed by atoms with Crippen LogP contribution in [0.15, 0.2) is 18.2 Å². The number of aliphatic hydroxyl groups is 1. The van der Waals surface area contributed by atoms with Gasteiger partial charge in [0.1, 0.15) is 11.5 Å². The summed E-state index contributed by atoms with van der Waals surface area (Å²) in [5.74, 6) is 0.303. The molecule has 1 atom stereocenters. The molecule has 3 heteroatoms. The predicted molar refractivity (Wildman–Crippen MR) is 49.8 cm³/mol. The summed E-state index contributed by atoms with van der Waals surface area (Å²) >= 11 is 0. The van der Waals surface area contributed by atoms with Crippen molar-refractivity contribution in [2.24, 2.45) is 0 Å². The van der Waals surface area contributed by atoms with Gasteiger partial charge in [0.15, 0.2) is 0 Å². The summed E-state index contributed by atoms with van der Waals surface area (Å²) in [7, 11) is 0. The largest absolute Gasteiger partial charge is 0.508 e. The van der Waals surface area contributed by atoms with Crippen molar-refractivity contribution < 1.29 is 15.3 Å². The molecule has 0 bridgehead atoms. The Morgan fingerprint density at radius 2 is 2.00 bits per heavy atom. The van der Waals surface area contributed by atoms with E-state index in [4.69, 9.17) is 10.2 Å². The van der Waals surface area contributed by atoms with Crippen LogP contribution in [0.3, 0.4) is 0 Å². The monoisotopic (exact) mass is 182 g/mol. The van der Waals surface area contributed by atoms with Crippen LogP contribution in [0, 0.1) is 0 Å². The lowest BCUT2D eigenvalue weighted by Gasteiger charge is -2.06. The van der Waals surface area contributed by atoms with E-state index in [2.05, 4.69) is 0 Å². The summed E-state index contributed by atoms with van der Waals surface area (Å²) < 4.78 is 0. The van der Waals surface area contributed by atoms with E-state index in [1.807, 2.05) is 0 Å². The van der Waals surface area contributed by atoms with Crippen LogP contribution >= 0.6 is 0 Å². The highest BCUT2D eigenvalue weighted by molar-refractivity contribution is 5.38. The summed E-state index contributed by atoms with van der Waals surface area (Å²) in [6.07, 6.45) is 0.760. The molecule has 0 aromatic heterocycles. The normalized spacial score (nSPS) is 12.8. The van der Waals surface area contributed by atoms with Gasteiger partial charge in [-0.05, 0) is 43.5 Å². The Hall–Kier alpha value is -1.22. The Balaban J connectivity index is 2.70. The molecule has 0 radical (unpaired) electrons. The highest BCUT2D eigenvalue weighted by atomic mass is 16.3. The van der Waals surface area contributed by atoms with Gasteiger partial charge in [0.25, 0.3) is 0 Å². The zero-order chi connectivity index (χ0) is 9.84. The third kappa shape index (κ3) is 2.95. The quantitative estimate of drug-likeness (QED) is 0.619. The molecular formula is C10H14O3. The first kappa shape index (κ1) is 9.86. The Kier molecular flexibility index (Phi) is 3.14. The number of benzene rings is 1. The van der Waals surface area contributed by atoms with Crippen molar-refractivity contribution in [3.05, 3.63) is 23.8 Å². The van der Waals surface area contributed by atoms with E-state index in [1.54, 1.807) is 6.92 Å². The van der Waals surface area contributed by atoms with Crippen molar-refractivity contribution in [1.29, 1.82) is 0 Å².